The van der Waals surface area contributed by atoms with E-state index in [1.807, 2.05) is 0 Å². The second kappa shape index (κ2) is 4.06. The van der Waals surface area contributed by atoms with Crippen LogP contribution in [0.4, 0.5) is 13.2 Å². The molecular weight excluding hydrogens is 301 g/mol. The lowest BCUT2D eigenvalue weighted by atomic mass is 10.2. The Morgan fingerprint density at radius 2 is 2.00 bits per heavy atom. The first-order valence-corrected chi connectivity index (χ1v) is 5.32. The van der Waals surface area contributed by atoms with Crippen LogP contribution in [-0.2, 0) is 6.18 Å². The Bertz CT molecular complexity index is 600. The molecule has 0 amide bonds. The van der Waals surface area contributed by atoms with Crippen LogP contribution in [0.2, 0.25) is 0 Å². The number of rotatable bonds is 1. The fraction of sp³-hybridized carbons (Fsp3) is 0.100. The summed E-state index contributed by atoms with van der Waals surface area (Å²) in [4.78, 5) is 13.6. The van der Waals surface area contributed by atoms with Crippen molar-refractivity contribution in [1.82, 2.24) is 9.55 Å². The van der Waals surface area contributed by atoms with E-state index in [4.69, 9.17) is 0 Å². The Hall–Kier alpha value is -1.50. The summed E-state index contributed by atoms with van der Waals surface area (Å²) in [5.41, 5.74) is -1.14. The average molecular weight is 307 g/mol. The Balaban J connectivity index is 2.60. The molecule has 1 heterocycles. The molecule has 0 atom stereocenters. The Morgan fingerprint density at radius 1 is 1.29 bits per heavy atom. The highest BCUT2D eigenvalue weighted by Gasteiger charge is 2.33. The molecule has 2 rings (SSSR count). The van der Waals surface area contributed by atoms with E-state index in [1.165, 1.54) is 24.5 Å². The summed E-state index contributed by atoms with van der Waals surface area (Å²) in [6.07, 6.45) is -1.74. The van der Waals surface area contributed by atoms with Crippen molar-refractivity contribution >= 4 is 15.9 Å². The van der Waals surface area contributed by atoms with Gasteiger partial charge in [0.1, 0.15) is 0 Å². The van der Waals surface area contributed by atoms with Crippen molar-refractivity contribution in [2.24, 2.45) is 0 Å². The molecule has 3 nitrogen and oxygen atoms in total. The van der Waals surface area contributed by atoms with E-state index in [0.717, 1.165) is 10.6 Å². The van der Waals surface area contributed by atoms with Crippen molar-refractivity contribution in [3.63, 3.8) is 0 Å². The summed E-state index contributed by atoms with van der Waals surface area (Å²) in [7, 11) is 0. The molecule has 0 aliphatic heterocycles. The topological polar surface area (TPSA) is 37.8 Å². The summed E-state index contributed by atoms with van der Waals surface area (Å²) in [6, 6.07) is 3.60. The predicted molar refractivity (Wildman–Crippen MR) is 59.1 cm³/mol. The Morgan fingerprint density at radius 3 is 2.53 bits per heavy atom. The van der Waals surface area contributed by atoms with Gasteiger partial charge in [0.2, 0.25) is 0 Å². The minimum Gasteiger partial charge on any atom is -0.312 e. The molecule has 0 spiro atoms. The second-order valence-electron chi connectivity index (χ2n) is 3.30. The third-order valence-electron chi connectivity index (χ3n) is 2.18. The number of imidazole rings is 1. The van der Waals surface area contributed by atoms with Gasteiger partial charge in [-0.2, -0.15) is 13.2 Å². The zero-order chi connectivity index (χ0) is 12.6. The molecule has 0 saturated heterocycles. The fourth-order valence-corrected chi connectivity index (χ4v) is 1.88. The molecule has 0 radical (unpaired) electrons. The normalized spacial score (nSPS) is 11.8. The number of aromatic nitrogens is 2. The molecule has 0 bridgehead atoms. The van der Waals surface area contributed by atoms with Gasteiger partial charge >= 0.3 is 11.9 Å². The molecule has 0 saturated carbocycles. The van der Waals surface area contributed by atoms with Gasteiger partial charge in [-0.1, -0.05) is 15.9 Å². The minimum atomic E-state index is -4.46. The number of alkyl halides is 3. The van der Waals surface area contributed by atoms with E-state index >= 15 is 0 Å². The monoisotopic (exact) mass is 306 g/mol. The molecule has 1 N–H and O–H groups in total. The zero-order valence-corrected chi connectivity index (χ0v) is 9.84. The third-order valence-corrected chi connectivity index (χ3v) is 2.87. The van der Waals surface area contributed by atoms with Crippen LogP contribution in [0.5, 0.6) is 0 Å². The smallest absolute Gasteiger partial charge is 0.312 e. The Kier molecular flexibility index (Phi) is 2.86. The zero-order valence-electron chi connectivity index (χ0n) is 8.25. The van der Waals surface area contributed by atoms with Crippen LogP contribution in [0.1, 0.15) is 5.56 Å². The number of hydrogen-bond acceptors (Lipinski definition) is 1. The van der Waals surface area contributed by atoms with Crippen LogP contribution in [0.3, 0.4) is 0 Å². The molecule has 17 heavy (non-hydrogen) atoms. The van der Waals surface area contributed by atoms with Crippen LogP contribution in [-0.4, -0.2) is 9.55 Å². The SMILES string of the molecule is O=c1[nH]ccn1-c1ccc(Br)c(C(F)(F)F)c1. The van der Waals surface area contributed by atoms with Crippen molar-refractivity contribution in [2.45, 2.75) is 6.18 Å². The lowest BCUT2D eigenvalue weighted by Gasteiger charge is -2.11. The molecule has 1 aromatic carbocycles. The van der Waals surface area contributed by atoms with Gasteiger partial charge in [-0.3, -0.25) is 4.57 Å². The summed E-state index contributed by atoms with van der Waals surface area (Å²) in [6.45, 7) is 0. The van der Waals surface area contributed by atoms with Crippen molar-refractivity contribution in [1.29, 1.82) is 0 Å². The first-order chi connectivity index (χ1) is 7.89. The first-order valence-electron chi connectivity index (χ1n) is 4.53. The van der Waals surface area contributed by atoms with Gasteiger partial charge in [0.05, 0.1) is 11.3 Å². The molecule has 0 aliphatic rings. The van der Waals surface area contributed by atoms with Crippen LogP contribution >= 0.6 is 15.9 Å². The first kappa shape index (κ1) is 12.0. The summed E-state index contributed by atoms with van der Waals surface area (Å²) < 4.78 is 39.0. The molecular formula is C10H6BrF3N2O. The predicted octanol–water partition coefficient (Wildman–Crippen LogP) is 2.95. The summed E-state index contributed by atoms with van der Waals surface area (Å²) in [5, 5.41) is 0. The highest BCUT2D eigenvalue weighted by atomic mass is 79.9. The maximum Gasteiger partial charge on any atom is 0.417 e. The molecule has 0 fully saturated rings. The summed E-state index contributed by atoms with van der Waals surface area (Å²) >= 11 is 2.83. The van der Waals surface area contributed by atoms with Gasteiger partial charge < -0.3 is 4.98 Å². The fourth-order valence-electron chi connectivity index (χ4n) is 1.40. The van der Waals surface area contributed by atoms with Crippen molar-refractivity contribution in [3.8, 4) is 5.69 Å². The van der Waals surface area contributed by atoms with E-state index in [0.29, 0.717) is 0 Å². The highest BCUT2D eigenvalue weighted by molar-refractivity contribution is 9.10. The van der Waals surface area contributed by atoms with Crippen molar-refractivity contribution in [3.05, 3.63) is 51.1 Å². The van der Waals surface area contributed by atoms with Gasteiger partial charge in [-0.15, -0.1) is 0 Å². The van der Waals surface area contributed by atoms with E-state index in [1.54, 1.807) is 0 Å². The largest absolute Gasteiger partial charge is 0.417 e. The van der Waals surface area contributed by atoms with E-state index in [2.05, 4.69) is 20.9 Å². The van der Waals surface area contributed by atoms with Crippen molar-refractivity contribution < 1.29 is 13.2 Å². The van der Waals surface area contributed by atoms with E-state index < -0.39 is 17.4 Å². The van der Waals surface area contributed by atoms with Gasteiger partial charge in [0.25, 0.3) is 0 Å². The quantitative estimate of drug-likeness (QED) is 0.864. The third kappa shape index (κ3) is 2.28. The standard InChI is InChI=1S/C10H6BrF3N2O/c11-8-2-1-6(5-7(8)10(12,13)14)16-4-3-15-9(16)17/h1-5H,(H,15,17). The van der Waals surface area contributed by atoms with Gasteiger partial charge in [-0.25, -0.2) is 4.79 Å². The maximum atomic E-state index is 12.6. The molecule has 0 aliphatic carbocycles. The van der Waals surface area contributed by atoms with Crippen LogP contribution in [0, 0.1) is 0 Å². The number of nitrogens with zero attached hydrogens (tertiary/aromatic N) is 1. The molecule has 1 aromatic heterocycles. The number of H-pyrrole nitrogens is 1. The minimum absolute atomic E-state index is 0.0580. The molecule has 0 unspecified atom stereocenters. The number of benzene rings is 1. The van der Waals surface area contributed by atoms with Crippen LogP contribution in [0.15, 0.2) is 39.9 Å². The van der Waals surface area contributed by atoms with Gasteiger partial charge in [-0.05, 0) is 18.2 Å². The van der Waals surface area contributed by atoms with Crippen molar-refractivity contribution in [2.75, 3.05) is 0 Å². The number of hydrogen-bond donors (Lipinski definition) is 1. The van der Waals surface area contributed by atoms with Gasteiger partial charge in [0.15, 0.2) is 0 Å². The average Bonchev–Trinajstić information content (AvgIpc) is 2.63. The maximum absolute atomic E-state index is 12.6. The Labute approximate surface area is 102 Å². The lowest BCUT2D eigenvalue weighted by Crippen LogP contribution is -2.15. The van der Waals surface area contributed by atoms with Crippen LogP contribution in [0.25, 0.3) is 5.69 Å². The van der Waals surface area contributed by atoms with Gasteiger partial charge in [0, 0.05) is 16.9 Å². The van der Waals surface area contributed by atoms with E-state index in [-0.39, 0.29) is 10.2 Å². The lowest BCUT2D eigenvalue weighted by molar-refractivity contribution is -0.138. The second-order valence-corrected chi connectivity index (χ2v) is 4.15. The number of aromatic amines is 1. The highest BCUT2D eigenvalue weighted by Crippen LogP contribution is 2.35. The number of halogens is 4. The number of nitrogens with one attached hydrogen (secondary N) is 1. The summed E-state index contributed by atoms with van der Waals surface area (Å²) in [5.74, 6) is 0. The molecule has 2 aromatic rings. The van der Waals surface area contributed by atoms with Crippen LogP contribution < -0.4 is 5.69 Å². The van der Waals surface area contributed by atoms with E-state index in [9.17, 15) is 18.0 Å². The molecule has 90 valence electrons. The molecule has 7 heteroatoms.